The predicted octanol–water partition coefficient (Wildman–Crippen LogP) is 0.841. The minimum atomic E-state index is -0.651. The predicted molar refractivity (Wildman–Crippen MR) is 103 cm³/mol. The van der Waals surface area contributed by atoms with Crippen LogP contribution in [0.1, 0.15) is 24.0 Å². The molecule has 27 heavy (non-hydrogen) atoms. The summed E-state index contributed by atoms with van der Waals surface area (Å²) in [5, 5.41) is 2.88. The van der Waals surface area contributed by atoms with Crippen molar-refractivity contribution >= 4 is 17.6 Å². The molecule has 1 aromatic heterocycles. The van der Waals surface area contributed by atoms with Crippen LogP contribution in [-0.2, 0) is 22.6 Å². The van der Waals surface area contributed by atoms with Gasteiger partial charge in [0.1, 0.15) is 11.9 Å². The summed E-state index contributed by atoms with van der Waals surface area (Å²) in [6.07, 6.45) is 3.53. The molecule has 1 saturated heterocycles. The minimum absolute atomic E-state index is 0.162. The molecule has 0 aliphatic carbocycles. The average Bonchev–Trinajstić information content (AvgIpc) is 3.17. The second kappa shape index (κ2) is 8.64. The summed E-state index contributed by atoms with van der Waals surface area (Å²) < 4.78 is 0. The van der Waals surface area contributed by atoms with E-state index >= 15 is 0 Å². The van der Waals surface area contributed by atoms with Gasteiger partial charge in [0.15, 0.2) is 0 Å². The molecule has 0 radical (unpaired) electrons. The van der Waals surface area contributed by atoms with E-state index in [0.29, 0.717) is 31.7 Å². The van der Waals surface area contributed by atoms with Gasteiger partial charge in [0.05, 0.1) is 6.04 Å². The summed E-state index contributed by atoms with van der Waals surface area (Å²) in [5.74, 6) is 0.0975. The molecule has 0 bridgehead atoms. The third-order valence-corrected chi connectivity index (χ3v) is 4.77. The van der Waals surface area contributed by atoms with Gasteiger partial charge in [-0.2, -0.15) is 0 Å². The van der Waals surface area contributed by atoms with Crippen LogP contribution in [0, 0.1) is 0 Å². The fourth-order valence-electron chi connectivity index (χ4n) is 3.32. The molecular formula is C20H25N5O2. The number of benzene rings is 1. The number of pyridine rings is 1. The molecule has 1 fully saturated rings. The summed E-state index contributed by atoms with van der Waals surface area (Å²) in [7, 11) is 0. The molecular weight excluding hydrogens is 342 g/mol. The number of hydrogen-bond donors (Lipinski definition) is 3. The zero-order valence-electron chi connectivity index (χ0n) is 15.2. The van der Waals surface area contributed by atoms with Crippen LogP contribution in [-0.4, -0.2) is 40.3 Å². The fourth-order valence-corrected chi connectivity index (χ4v) is 3.32. The van der Waals surface area contributed by atoms with E-state index in [2.05, 4.69) is 10.3 Å². The minimum Gasteiger partial charge on any atom is -0.384 e. The topological polar surface area (TPSA) is 114 Å². The van der Waals surface area contributed by atoms with Gasteiger partial charge in [-0.1, -0.05) is 36.4 Å². The van der Waals surface area contributed by atoms with Gasteiger partial charge in [-0.05, 0) is 36.5 Å². The van der Waals surface area contributed by atoms with Crippen LogP contribution in [0.3, 0.4) is 0 Å². The molecule has 2 heterocycles. The zero-order chi connectivity index (χ0) is 19.2. The Morgan fingerprint density at radius 1 is 1.19 bits per heavy atom. The van der Waals surface area contributed by atoms with Gasteiger partial charge in [-0.25, -0.2) is 4.98 Å². The van der Waals surface area contributed by atoms with Crippen molar-refractivity contribution in [2.75, 3.05) is 12.3 Å². The van der Waals surface area contributed by atoms with Crippen LogP contribution in [0.25, 0.3) is 0 Å². The molecule has 7 heteroatoms. The highest BCUT2D eigenvalue weighted by molar-refractivity contribution is 5.90. The van der Waals surface area contributed by atoms with Gasteiger partial charge in [0.25, 0.3) is 0 Å². The Hall–Kier alpha value is -2.93. The molecule has 2 atom stereocenters. The zero-order valence-corrected chi connectivity index (χ0v) is 15.2. The highest BCUT2D eigenvalue weighted by Crippen LogP contribution is 2.19. The van der Waals surface area contributed by atoms with E-state index in [4.69, 9.17) is 11.5 Å². The third-order valence-electron chi connectivity index (χ3n) is 4.77. The second-order valence-corrected chi connectivity index (χ2v) is 6.79. The normalized spacial score (nSPS) is 17.5. The van der Waals surface area contributed by atoms with Gasteiger partial charge >= 0.3 is 0 Å². The van der Waals surface area contributed by atoms with Crippen molar-refractivity contribution in [3.05, 3.63) is 59.8 Å². The Bertz CT molecular complexity index is 779. The molecule has 5 N–H and O–H groups in total. The van der Waals surface area contributed by atoms with Gasteiger partial charge in [0.2, 0.25) is 11.8 Å². The van der Waals surface area contributed by atoms with Crippen LogP contribution in [0.2, 0.25) is 0 Å². The van der Waals surface area contributed by atoms with E-state index in [1.807, 2.05) is 36.4 Å². The molecule has 1 aliphatic rings. The highest BCUT2D eigenvalue weighted by atomic mass is 16.2. The SMILES string of the molecule is Nc1ccc(CNC(=O)[C@@H]2CCCN2C(=O)[C@H](N)Cc2ccccc2)cn1. The summed E-state index contributed by atoms with van der Waals surface area (Å²) in [6, 6.07) is 12.0. The van der Waals surface area contributed by atoms with Crippen LogP contribution < -0.4 is 16.8 Å². The average molecular weight is 367 g/mol. The third kappa shape index (κ3) is 4.83. The van der Waals surface area contributed by atoms with Crippen molar-refractivity contribution in [3.63, 3.8) is 0 Å². The fraction of sp³-hybridized carbons (Fsp3) is 0.350. The quantitative estimate of drug-likeness (QED) is 0.700. The monoisotopic (exact) mass is 367 g/mol. The molecule has 2 aromatic rings. The number of hydrogen-bond acceptors (Lipinski definition) is 5. The number of nitrogens with zero attached hydrogens (tertiary/aromatic N) is 2. The van der Waals surface area contributed by atoms with Crippen LogP contribution in [0.4, 0.5) is 5.82 Å². The standard InChI is InChI=1S/C20H25N5O2/c21-16(11-14-5-2-1-3-6-14)20(27)25-10-4-7-17(25)19(26)24-13-15-8-9-18(22)23-12-15/h1-3,5-6,8-9,12,16-17H,4,7,10-11,13,21H2,(H2,22,23)(H,24,26)/t16-,17+/m1/s1. The van der Waals surface area contributed by atoms with E-state index in [1.165, 1.54) is 0 Å². The number of aromatic nitrogens is 1. The number of nitrogens with one attached hydrogen (secondary N) is 1. The number of carbonyl (C=O) groups is 2. The smallest absolute Gasteiger partial charge is 0.243 e. The number of amides is 2. The summed E-state index contributed by atoms with van der Waals surface area (Å²) >= 11 is 0. The number of likely N-dealkylation sites (tertiary alicyclic amines) is 1. The van der Waals surface area contributed by atoms with E-state index in [0.717, 1.165) is 17.5 Å². The Balaban J connectivity index is 1.57. The van der Waals surface area contributed by atoms with Gasteiger partial charge in [0, 0.05) is 19.3 Å². The van der Waals surface area contributed by atoms with E-state index in [1.54, 1.807) is 17.2 Å². The van der Waals surface area contributed by atoms with Crippen molar-refractivity contribution in [2.45, 2.75) is 37.9 Å². The number of nitrogens with two attached hydrogens (primary N) is 2. The van der Waals surface area contributed by atoms with E-state index < -0.39 is 12.1 Å². The maximum atomic E-state index is 12.8. The molecule has 1 aliphatic heterocycles. The number of nitrogen functional groups attached to an aromatic ring is 1. The number of rotatable bonds is 6. The van der Waals surface area contributed by atoms with Gasteiger partial charge < -0.3 is 21.7 Å². The molecule has 1 aromatic carbocycles. The van der Waals surface area contributed by atoms with Crippen molar-refractivity contribution in [3.8, 4) is 0 Å². The number of anilines is 1. The van der Waals surface area contributed by atoms with Crippen LogP contribution in [0.15, 0.2) is 48.7 Å². The maximum Gasteiger partial charge on any atom is 0.243 e. The lowest BCUT2D eigenvalue weighted by atomic mass is 10.1. The van der Waals surface area contributed by atoms with Crippen LogP contribution in [0.5, 0.6) is 0 Å². The van der Waals surface area contributed by atoms with Crippen molar-refractivity contribution in [1.29, 1.82) is 0 Å². The lowest BCUT2D eigenvalue weighted by Crippen LogP contribution is -2.51. The summed E-state index contributed by atoms with van der Waals surface area (Å²) in [5.41, 5.74) is 13.6. The Labute approximate surface area is 158 Å². The summed E-state index contributed by atoms with van der Waals surface area (Å²) in [6.45, 7) is 0.906. The Kier molecular flexibility index (Phi) is 6.03. The molecule has 0 saturated carbocycles. The molecule has 0 spiro atoms. The maximum absolute atomic E-state index is 12.8. The Morgan fingerprint density at radius 3 is 2.67 bits per heavy atom. The first kappa shape index (κ1) is 18.8. The molecule has 3 rings (SSSR count). The molecule has 0 unspecified atom stereocenters. The van der Waals surface area contributed by atoms with Crippen molar-refractivity contribution < 1.29 is 9.59 Å². The summed E-state index contributed by atoms with van der Waals surface area (Å²) in [4.78, 5) is 31.0. The highest BCUT2D eigenvalue weighted by Gasteiger charge is 2.35. The van der Waals surface area contributed by atoms with E-state index in [9.17, 15) is 9.59 Å². The lowest BCUT2D eigenvalue weighted by molar-refractivity contribution is -0.139. The second-order valence-electron chi connectivity index (χ2n) is 6.79. The van der Waals surface area contributed by atoms with E-state index in [-0.39, 0.29) is 11.8 Å². The lowest BCUT2D eigenvalue weighted by Gasteiger charge is -2.26. The molecule has 142 valence electrons. The number of carbonyl (C=O) groups excluding carboxylic acids is 2. The molecule has 7 nitrogen and oxygen atoms in total. The first-order chi connectivity index (χ1) is 13.0. The van der Waals surface area contributed by atoms with Crippen LogP contribution >= 0.6 is 0 Å². The molecule has 2 amide bonds. The largest absolute Gasteiger partial charge is 0.384 e. The van der Waals surface area contributed by atoms with Gasteiger partial charge in [-0.15, -0.1) is 0 Å². The van der Waals surface area contributed by atoms with Crippen molar-refractivity contribution in [1.82, 2.24) is 15.2 Å². The Morgan fingerprint density at radius 2 is 1.96 bits per heavy atom. The van der Waals surface area contributed by atoms with Crippen molar-refractivity contribution in [2.24, 2.45) is 5.73 Å². The first-order valence-corrected chi connectivity index (χ1v) is 9.12. The first-order valence-electron chi connectivity index (χ1n) is 9.12. The van der Waals surface area contributed by atoms with Gasteiger partial charge in [-0.3, -0.25) is 9.59 Å².